The van der Waals surface area contributed by atoms with Gasteiger partial charge < -0.3 is 0 Å². The van der Waals surface area contributed by atoms with E-state index >= 15 is 0 Å². The summed E-state index contributed by atoms with van der Waals surface area (Å²) in [6, 6.07) is 29.4. The fourth-order valence-electron chi connectivity index (χ4n) is 3.49. The number of pyridine rings is 1. The van der Waals surface area contributed by atoms with Gasteiger partial charge in [0.2, 0.25) is 0 Å². The second-order valence-corrected chi connectivity index (χ2v) is 6.91. The molecule has 0 aliphatic heterocycles. The van der Waals surface area contributed by atoms with Crippen LogP contribution in [-0.4, -0.2) is 14.8 Å². The monoisotopic (exact) mass is 373 g/mol. The van der Waals surface area contributed by atoms with Crippen LogP contribution < -0.4 is 0 Å². The lowest BCUT2D eigenvalue weighted by molar-refractivity contribution is 0.969. The molecule has 3 nitrogen and oxygen atoms in total. The zero-order valence-electron chi connectivity index (χ0n) is 15.8. The number of rotatable bonds is 4. The summed E-state index contributed by atoms with van der Waals surface area (Å²) in [5.41, 5.74) is 6.94. The maximum Gasteiger partial charge on any atom is 0.0740 e. The zero-order valence-corrected chi connectivity index (χ0v) is 15.8. The van der Waals surface area contributed by atoms with Crippen molar-refractivity contribution < 1.29 is 0 Å². The van der Waals surface area contributed by atoms with Gasteiger partial charge in [-0.1, -0.05) is 60.7 Å². The molecule has 138 valence electrons. The van der Waals surface area contributed by atoms with Gasteiger partial charge in [0, 0.05) is 24.0 Å². The molecule has 3 heteroatoms. The number of nitrogens with zero attached hydrogens (tertiary/aromatic N) is 3. The van der Waals surface area contributed by atoms with Gasteiger partial charge in [-0.25, -0.2) is 4.68 Å². The molecule has 2 aromatic heterocycles. The smallest absolute Gasteiger partial charge is 0.0740 e. The van der Waals surface area contributed by atoms with Gasteiger partial charge in [-0.3, -0.25) is 4.98 Å². The van der Waals surface area contributed by atoms with Crippen LogP contribution in [0.5, 0.6) is 0 Å². The van der Waals surface area contributed by atoms with Crippen LogP contribution in [-0.2, 0) is 0 Å². The first-order chi connectivity index (χ1) is 14.4. The second-order valence-electron chi connectivity index (χ2n) is 6.91. The number of benzene rings is 3. The van der Waals surface area contributed by atoms with E-state index in [1.807, 2.05) is 47.7 Å². The van der Waals surface area contributed by atoms with Crippen LogP contribution in [0.2, 0.25) is 0 Å². The first-order valence-corrected chi connectivity index (χ1v) is 9.58. The van der Waals surface area contributed by atoms with Crippen LogP contribution in [0.1, 0.15) is 5.56 Å². The third kappa shape index (κ3) is 3.58. The summed E-state index contributed by atoms with van der Waals surface area (Å²) in [4.78, 5) is 4.10. The molecule has 29 heavy (non-hydrogen) atoms. The van der Waals surface area contributed by atoms with Crippen molar-refractivity contribution >= 4 is 23.2 Å². The highest BCUT2D eigenvalue weighted by molar-refractivity contribution is 5.86. The van der Waals surface area contributed by atoms with Crippen LogP contribution in [0.4, 0.5) is 0 Å². The lowest BCUT2D eigenvalue weighted by Gasteiger charge is -2.04. The molecule has 0 saturated carbocycles. The molecule has 3 aromatic carbocycles. The van der Waals surface area contributed by atoms with Crippen LogP contribution in [0.3, 0.4) is 0 Å². The lowest BCUT2D eigenvalue weighted by Crippen LogP contribution is -1.89. The predicted octanol–water partition coefficient (Wildman–Crippen LogP) is 6.39. The van der Waals surface area contributed by atoms with E-state index in [-0.39, 0.29) is 0 Å². The van der Waals surface area contributed by atoms with E-state index in [0.29, 0.717) is 0 Å². The largest absolute Gasteiger partial charge is 0.265 e. The Kier molecular flexibility index (Phi) is 4.47. The fourth-order valence-corrected chi connectivity index (χ4v) is 3.49. The van der Waals surface area contributed by atoms with E-state index < -0.39 is 0 Å². The number of aromatic nitrogens is 3. The van der Waals surface area contributed by atoms with Crippen molar-refractivity contribution in [2.24, 2.45) is 0 Å². The molecule has 0 bridgehead atoms. The Labute approximate surface area is 169 Å². The SMILES string of the molecule is C(=Cn1ncc2ccc(-c3ccncc3)cc21)c1cccc(-c2ccccc2)c1. The summed E-state index contributed by atoms with van der Waals surface area (Å²) >= 11 is 0. The Morgan fingerprint density at radius 2 is 1.41 bits per heavy atom. The van der Waals surface area contributed by atoms with E-state index in [0.717, 1.165) is 27.6 Å². The molecule has 0 spiro atoms. The summed E-state index contributed by atoms with van der Waals surface area (Å²) in [7, 11) is 0. The average molecular weight is 373 g/mol. The average Bonchev–Trinajstić information content (AvgIpc) is 3.21. The van der Waals surface area contributed by atoms with E-state index in [9.17, 15) is 0 Å². The van der Waals surface area contributed by atoms with E-state index in [1.54, 1.807) is 0 Å². The fraction of sp³-hybridized carbons (Fsp3) is 0. The van der Waals surface area contributed by atoms with Crippen molar-refractivity contribution in [3.05, 3.63) is 109 Å². The molecule has 0 N–H and O–H groups in total. The van der Waals surface area contributed by atoms with Crippen molar-refractivity contribution in [3.63, 3.8) is 0 Å². The number of hydrogen-bond donors (Lipinski definition) is 0. The molecule has 0 atom stereocenters. The summed E-state index contributed by atoms with van der Waals surface area (Å²) in [5.74, 6) is 0. The molecular weight excluding hydrogens is 354 g/mol. The highest BCUT2D eigenvalue weighted by Gasteiger charge is 2.04. The topological polar surface area (TPSA) is 30.7 Å². The Balaban J connectivity index is 1.48. The third-order valence-corrected chi connectivity index (χ3v) is 5.01. The minimum absolute atomic E-state index is 1.08. The third-order valence-electron chi connectivity index (χ3n) is 5.01. The standard InChI is InChI=1S/C26H19N3/c1-2-6-21(7-3-1)23-8-4-5-20(17-23)13-16-29-26-18-24(9-10-25(26)19-28-29)22-11-14-27-15-12-22/h1-19H. The lowest BCUT2D eigenvalue weighted by atomic mass is 10.0. The van der Waals surface area contributed by atoms with E-state index in [1.165, 1.54) is 11.1 Å². The minimum Gasteiger partial charge on any atom is -0.265 e. The summed E-state index contributed by atoms with van der Waals surface area (Å²) in [6.45, 7) is 0. The Morgan fingerprint density at radius 1 is 0.655 bits per heavy atom. The van der Waals surface area contributed by atoms with Gasteiger partial charge in [0.15, 0.2) is 0 Å². The van der Waals surface area contributed by atoms with E-state index in [4.69, 9.17) is 0 Å². The quantitative estimate of drug-likeness (QED) is 0.365. The van der Waals surface area contributed by atoms with Crippen molar-refractivity contribution in [2.45, 2.75) is 0 Å². The Morgan fingerprint density at radius 3 is 2.28 bits per heavy atom. The molecule has 0 radical (unpaired) electrons. The van der Waals surface area contributed by atoms with Crippen molar-refractivity contribution in [3.8, 4) is 22.3 Å². The van der Waals surface area contributed by atoms with Gasteiger partial charge in [-0.15, -0.1) is 0 Å². The maximum absolute atomic E-state index is 4.54. The van der Waals surface area contributed by atoms with Gasteiger partial charge in [0.05, 0.1) is 11.7 Å². The zero-order chi connectivity index (χ0) is 19.5. The molecule has 2 heterocycles. The summed E-state index contributed by atoms with van der Waals surface area (Å²) < 4.78 is 1.93. The van der Waals surface area contributed by atoms with Gasteiger partial charge >= 0.3 is 0 Å². The van der Waals surface area contributed by atoms with Crippen molar-refractivity contribution in [1.29, 1.82) is 0 Å². The van der Waals surface area contributed by atoms with Crippen molar-refractivity contribution in [2.75, 3.05) is 0 Å². The molecule has 0 aliphatic carbocycles. The Bertz CT molecular complexity index is 1290. The number of hydrogen-bond acceptors (Lipinski definition) is 2. The highest BCUT2D eigenvalue weighted by atomic mass is 15.3. The molecule has 0 unspecified atom stereocenters. The van der Waals surface area contributed by atoms with Gasteiger partial charge in [0.25, 0.3) is 0 Å². The van der Waals surface area contributed by atoms with Gasteiger partial charge in [-0.2, -0.15) is 5.10 Å². The van der Waals surface area contributed by atoms with Crippen LogP contribution in [0.25, 0.3) is 45.4 Å². The summed E-state index contributed by atoms with van der Waals surface area (Å²) in [6.07, 6.45) is 9.64. The molecule has 5 rings (SSSR count). The molecule has 0 amide bonds. The Hall–Kier alpha value is -3.98. The van der Waals surface area contributed by atoms with Crippen LogP contribution in [0, 0.1) is 0 Å². The van der Waals surface area contributed by atoms with Crippen LogP contribution in [0.15, 0.2) is 104 Å². The first-order valence-electron chi connectivity index (χ1n) is 9.58. The van der Waals surface area contributed by atoms with E-state index in [2.05, 4.69) is 82.9 Å². The highest BCUT2D eigenvalue weighted by Crippen LogP contribution is 2.25. The van der Waals surface area contributed by atoms with Crippen LogP contribution >= 0.6 is 0 Å². The normalized spacial score (nSPS) is 11.3. The first kappa shape index (κ1) is 17.1. The molecule has 5 aromatic rings. The molecular formula is C26H19N3. The maximum atomic E-state index is 4.54. The molecule has 0 saturated heterocycles. The molecule has 0 fully saturated rings. The van der Waals surface area contributed by atoms with Gasteiger partial charge in [0.1, 0.15) is 0 Å². The number of fused-ring (bicyclic) bond motifs is 1. The second kappa shape index (κ2) is 7.56. The van der Waals surface area contributed by atoms with Crippen molar-refractivity contribution in [1.82, 2.24) is 14.8 Å². The minimum atomic E-state index is 1.08. The predicted molar refractivity (Wildman–Crippen MR) is 120 cm³/mol. The molecule has 0 aliphatic rings. The summed E-state index contributed by atoms with van der Waals surface area (Å²) in [5, 5.41) is 5.66. The van der Waals surface area contributed by atoms with Gasteiger partial charge in [-0.05, 0) is 58.2 Å².